The SMILES string of the molecule is CCCCCCCCCCCCCCCCc1ccc[nH+]c1.CCCCCCCCCCCC[n+]1ccccc1.[Cl-].[Cl-]. The van der Waals surface area contributed by atoms with Crippen molar-refractivity contribution >= 4 is 0 Å². The second-order valence-electron chi connectivity index (χ2n) is 12.1. The van der Waals surface area contributed by atoms with Gasteiger partial charge < -0.3 is 24.8 Å². The van der Waals surface area contributed by atoms with Crippen molar-refractivity contribution in [1.29, 1.82) is 0 Å². The first-order valence-corrected chi connectivity index (χ1v) is 17.8. The van der Waals surface area contributed by atoms with Crippen molar-refractivity contribution in [2.75, 3.05) is 0 Å². The summed E-state index contributed by atoms with van der Waals surface area (Å²) in [5, 5.41) is 0. The summed E-state index contributed by atoms with van der Waals surface area (Å²) in [6.45, 7) is 5.75. The Morgan fingerprint density at radius 3 is 1.29 bits per heavy atom. The fraction of sp³-hybridized carbons (Fsp3) is 0.737. The van der Waals surface area contributed by atoms with Gasteiger partial charge in [0.2, 0.25) is 0 Å². The highest BCUT2D eigenvalue weighted by Gasteiger charge is 1.99. The molecule has 0 aliphatic carbocycles. The molecule has 0 spiro atoms. The van der Waals surface area contributed by atoms with E-state index in [9.17, 15) is 0 Å². The minimum atomic E-state index is 0. The Labute approximate surface area is 275 Å². The van der Waals surface area contributed by atoms with Crippen LogP contribution in [0.3, 0.4) is 0 Å². The third-order valence-electron chi connectivity index (χ3n) is 8.14. The zero-order chi connectivity index (χ0) is 28.6. The van der Waals surface area contributed by atoms with Crippen molar-refractivity contribution in [1.82, 2.24) is 0 Å². The minimum Gasteiger partial charge on any atom is -1.00 e. The van der Waals surface area contributed by atoms with Crippen LogP contribution in [0.2, 0.25) is 0 Å². The molecule has 0 saturated carbocycles. The second kappa shape index (κ2) is 36.1. The van der Waals surface area contributed by atoms with Crippen molar-refractivity contribution in [3.05, 3.63) is 60.7 Å². The van der Waals surface area contributed by atoms with E-state index in [1.165, 1.54) is 173 Å². The van der Waals surface area contributed by atoms with Gasteiger partial charge in [-0.15, -0.1) is 0 Å². The molecule has 244 valence electrons. The van der Waals surface area contributed by atoms with E-state index in [-0.39, 0.29) is 24.8 Å². The van der Waals surface area contributed by atoms with Gasteiger partial charge in [-0.2, -0.15) is 0 Å². The molecule has 0 unspecified atom stereocenters. The van der Waals surface area contributed by atoms with E-state index in [0.29, 0.717) is 0 Å². The molecule has 1 N–H and O–H groups in total. The summed E-state index contributed by atoms with van der Waals surface area (Å²) < 4.78 is 2.28. The molecule has 0 aromatic carbocycles. The molecule has 2 rings (SSSR count). The van der Waals surface area contributed by atoms with Gasteiger partial charge in [0.1, 0.15) is 6.54 Å². The second-order valence-corrected chi connectivity index (χ2v) is 12.1. The Hall–Kier alpha value is -1.12. The molecule has 0 fully saturated rings. The van der Waals surface area contributed by atoms with Gasteiger partial charge in [-0.3, -0.25) is 0 Å². The summed E-state index contributed by atoms with van der Waals surface area (Å²) in [4.78, 5) is 3.16. The summed E-state index contributed by atoms with van der Waals surface area (Å²) in [5.74, 6) is 0. The molecule has 0 aliphatic heterocycles. The van der Waals surface area contributed by atoms with E-state index >= 15 is 0 Å². The van der Waals surface area contributed by atoms with Crippen LogP contribution in [0.5, 0.6) is 0 Å². The fourth-order valence-corrected chi connectivity index (χ4v) is 5.47. The van der Waals surface area contributed by atoms with Gasteiger partial charge in [-0.05, 0) is 25.3 Å². The maximum Gasteiger partial charge on any atom is 0.170 e. The number of aromatic amines is 1. The Bertz CT molecular complexity index is 726. The van der Waals surface area contributed by atoms with Gasteiger partial charge >= 0.3 is 0 Å². The number of aromatic nitrogens is 2. The number of nitrogens with zero attached hydrogens (tertiary/aromatic N) is 1. The largest absolute Gasteiger partial charge is 1.00 e. The highest BCUT2D eigenvalue weighted by atomic mass is 35.5. The molecule has 0 bridgehead atoms. The topological polar surface area (TPSA) is 18.0 Å². The predicted molar refractivity (Wildman–Crippen MR) is 175 cm³/mol. The summed E-state index contributed by atoms with van der Waals surface area (Å²) in [5.41, 5.74) is 1.45. The monoisotopic (exact) mass is 622 g/mol. The van der Waals surface area contributed by atoms with Crippen LogP contribution in [0.15, 0.2) is 55.1 Å². The van der Waals surface area contributed by atoms with Gasteiger partial charge in [0.05, 0.1) is 0 Å². The first-order valence-electron chi connectivity index (χ1n) is 17.8. The molecule has 4 heteroatoms. The molecule has 0 amide bonds. The molecule has 0 atom stereocenters. The van der Waals surface area contributed by atoms with Crippen LogP contribution in [0.25, 0.3) is 0 Å². The quantitative estimate of drug-likeness (QED) is 0.0984. The number of hydrogen-bond acceptors (Lipinski definition) is 0. The predicted octanol–water partition coefficient (Wildman–Crippen LogP) is 5.43. The molecule has 42 heavy (non-hydrogen) atoms. The van der Waals surface area contributed by atoms with Gasteiger partial charge in [0, 0.05) is 30.2 Å². The number of hydrogen-bond donors (Lipinski definition) is 0. The van der Waals surface area contributed by atoms with Crippen LogP contribution in [0, 0.1) is 0 Å². The van der Waals surface area contributed by atoms with Crippen molar-refractivity contribution < 1.29 is 34.4 Å². The molecule has 2 nitrogen and oxygen atoms in total. The number of rotatable bonds is 26. The third-order valence-corrected chi connectivity index (χ3v) is 8.14. The van der Waals surface area contributed by atoms with Gasteiger partial charge in [-0.1, -0.05) is 155 Å². The number of halogens is 2. The molecule has 2 aromatic rings. The van der Waals surface area contributed by atoms with E-state index in [4.69, 9.17) is 0 Å². The zero-order valence-corrected chi connectivity index (χ0v) is 29.3. The van der Waals surface area contributed by atoms with Gasteiger partial charge in [0.25, 0.3) is 0 Å². The maximum atomic E-state index is 3.16. The molecule has 0 aliphatic rings. The van der Waals surface area contributed by atoms with Crippen molar-refractivity contribution in [3.63, 3.8) is 0 Å². The minimum absolute atomic E-state index is 0. The zero-order valence-electron chi connectivity index (χ0n) is 27.8. The number of aryl methyl sites for hydroxylation is 2. The first kappa shape index (κ1) is 43.0. The van der Waals surface area contributed by atoms with E-state index in [2.05, 4.69) is 72.3 Å². The summed E-state index contributed by atoms with van der Waals surface area (Å²) >= 11 is 0. The lowest BCUT2D eigenvalue weighted by atomic mass is 10.0. The lowest BCUT2D eigenvalue weighted by molar-refractivity contribution is -0.697. The van der Waals surface area contributed by atoms with Crippen molar-refractivity contribution in [2.45, 2.75) is 181 Å². The Morgan fingerprint density at radius 2 is 0.881 bits per heavy atom. The Morgan fingerprint density at radius 1 is 0.476 bits per heavy atom. The average molecular weight is 624 g/mol. The van der Waals surface area contributed by atoms with E-state index < -0.39 is 0 Å². The lowest BCUT2D eigenvalue weighted by Gasteiger charge is -2.03. The molecule has 2 heterocycles. The lowest BCUT2D eigenvalue weighted by Crippen LogP contribution is -3.00. The highest BCUT2D eigenvalue weighted by molar-refractivity contribution is 5.04. The number of nitrogens with one attached hydrogen (secondary N) is 1. The maximum absolute atomic E-state index is 3.16. The average Bonchev–Trinajstić information content (AvgIpc) is 3.00. The third kappa shape index (κ3) is 30.3. The molecule has 0 saturated heterocycles. The summed E-state index contributed by atoms with van der Waals surface area (Å²) in [6, 6.07) is 10.6. The van der Waals surface area contributed by atoms with Crippen LogP contribution in [0.1, 0.15) is 174 Å². The van der Waals surface area contributed by atoms with E-state index in [1.807, 2.05) is 6.20 Å². The summed E-state index contributed by atoms with van der Waals surface area (Å²) in [7, 11) is 0. The number of H-pyrrole nitrogens is 1. The van der Waals surface area contributed by atoms with Crippen molar-refractivity contribution in [3.8, 4) is 0 Å². The van der Waals surface area contributed by atoms with Crippen LogP contribution in [0.4, 0.5) is 0 Å². The van der Waals surface area contributed by atoms with E-state index in [0.717, 1.165) is 0 Å². The standard InChI is InChI=1S/C21H37N.C17H30N.2ClH/c1-2-3-4-5-6-7-8-9-10-11-12-13-14-15-17-21-18-16-19-22-20-21;1-2-3-4-5-6-7-8-9-10-12-15-18-16-13-11-14-17-18;;/h16,18-20H,2-15,17H2,1H3;11,13-14,16-17H,2-10,12,15H2,1H3;2*1H/q;+1;;/p-1. The summed E-state index contributed by atoms with van der Waals surface area (Å²) in [6.07, 6.45) is 43.9. The Balaban J connectivity index is 0. The molecule has 2 aromatic heterocycles. The van der Waals surface area contributed by atoms with Crippen LogP contribution in [-0.4, -0.2) is 0 Å². The number of pyridine rings is 2. The van der Waals surface area contributed by atoms with Gasteiger partial charge in [0.15, 0.2) is 24.8 Å². The van der Waals surface area contributed by atoms with Crippen LogP contribution >= 0.6 is 0 Å². The normalized spacial score (nSPS) is 10.3. The van der Waals surface area contributed by atoms with Crippen molar-refractivity contribution in [2.24, 2.45) is 0 Å². The first-order chi connectivity index (χ1) is 19.9. The smallest absolute Gasteiger partial charge is 0.170 e. The number of unbranched alkanes of at least 4 members (excludes halogenated alkanes) is 22. The van der Waals surface area contributed by atoms with Crippen LogP contribution < -0.4 is 34.4 Å². The van der Waals surface area contributed by atoms with E-state index in [1.54, 1.807) is 0 Å². The molecular weight excluding hydrogens is 555 g/mol. The van der Waals surface area contributed by atoms with Crippen LogP contribution in [-0.2, 0) is 13.0 Å². The fourth-order valence-electron chi connectivity index (χ4n) is 5.47. The Kier molecular flexibility index (Phi) is 36.9. The van der Waals surface area contributed by atoms with Gasteiger partial charge in [-0.25, -0.2) is 9.55 Å². The molecular formula is C38H68Cl2N2. The molecule has 0 radical (unpaired) electrons. The highest BCUT2D eigenvalue weighted by Crippen LogP contribution is 2.14.